The topological polar surface area (TPSA) is 96.4 Å². The number of sulfonamides is 1. The standard InChI is InChI=1S/C13H11FN2O4S/c1-8-3-2-4-10(14)12(8)16-21(19,20)11-6-5-9(7-15-11)13(17)18/h2-7,16H,1H3,(H,17,18). The van der Waals surface area contributed by atoms with Crippen molar-refractivity contribution in [1.82, 2.24) is 4.98 Å². The molecule has 0 unspecified atom stereocenters. The van der Waals surface area contributed by atoms with Gasteiger partial charge in [0.15, 0.2) is 5.03 Å². The lowest BCUT2D eigenvalue weighted by atomic mass is 10.2. The molecule has 0 saturated heterocycles. The lowest BCUT2D eigenvalue weighted by Gasteiger charge is -2.10. The van der Waals surface area contributed by atoms with Crippen molar-refractivity contribution in [2.75, 3.05) is 4.72 Å². The third-order valence-corrected chi connectivity index (χ3v) is 3.98. The number of anilines is 1. The molecule has 6 nitrogen and oxygen atoms in total. The molecule has 0 amide bonds. The minimum absolute atomic E-state index is 0.143. The number of benzene rings is 1. The van der Waals surface area contributed by atoms with Gasteiger partial charge in [-0.15, -0.1) is 0 Å². The Morgan fingerprint density at radius 3 is 2.52 bits per heavy atom. The zero-order valence-electron chi connectivity index (χ0n) is 10.9. The number of carboxylic acid groups (broad SMARTS) is 1. The molecule has 0 aliphatic heterocycles. The highest BCUT2D eigenvalue weighted by Gasteiger charge is 2.19. The number of aromatic carboxylic acids is 1. The van der Waals surface area contributed by atoms with Crippen molar-refractivity contribution in [3.63, 3.8) is 0 Å². The molecule has 2 aromatic rings. The summed E-state index contributed by atoms with van der Waals surface area (Å²) in [4.78, 5) is 14.3. The van der Waals surface area contributed by atoms with Crippen molar-refractivity contribution in [3.05, 3.63) is 53.5 Å². The number of nitrogens with one attached hydrogen (secondary N) is 1. The molecule has 1 aromatic heterocycles. The quantitative estimate of drug-likeness (QED) is 0.900. The van der Waals surface area contributed by atoms with Crippen LogP contribution in [0.25, 0.3) is 0 Å². The van der Waals surface area contributed by atoms with Crippen molar-refractivity contribution >= 4 is 21.7 Å². The largest absolute Gasteiger partial charge is 0.478 e. The third-order valence-electron chi connectivity index (χ3n) is 2.72. The van der Waals surface area contributed by atoms with E-state index in [1.165, 1.54) is 6.07 Å². The molecule has 1 heterocycles. The summed E-state index contributed by atoms with van der Waals surface area (Å²) in [5, 5.41) is 8.34. The number of aryl methyl sites for hydroxylation is 1. The highest BCUT2D eigenvalue weighted by molar-refractivity contribution is 7.92. The van der Waals surface area contributed by atoms with Gasteiger partial charge >= 0.3 is 5.97 Å². The van der Waals surface area contributed by atoms with Gasteiger partial charge in [0.1, 0.15) is 5.82 Å². The van der Waals surface area contributed by atoms with Crippen LogP contribution in [0.1, 0.15) is 15.9 Å². The van der Waals surface area contributed by atoms with Crippen LogP contribution in [-0.4, -0.2) is 24.5 Å². The van der Waals surface area contributed by atoms with E-state index in [2.05, 4.69) is 9.71 Å². The fourth-order valence-electron chi connectivity index (χ4n) is 1.61. The zero-order valence-corrected chi connectivity index (χ0v) is 11.7. The maximum Gasteiger partial charge on any atom is 0.337 e. The van der Waals surface area contributed by atoms with Crippen molar-refractivity contribution in [3.8, 4) is 0 Å². The number of carbonyl (C=O) groups is 1. The van der Waals surface area contributed by atoms with Crippen molar-refractivity contribution in [2.24, 2.45) is 0 Å². The Morgan fingerprint density at radius 2 is 2.00 bits per heavy atom. The molecule has 0 aliphatic carbocycles. The Kier molecular flexibility index (Phi) is 3.90. The molecule has 0 radical (unpaired) electrons. The molecule has 8 heteroatoms. The molecule has 0 bridgehead atoms. The predicted octanol–water partition coefficient (Wildman–Crippen LogP) is 2.03. The van der Waals surface area contributed by atoms with Crippen LogP contribution in [0.4, 0.5) is 10.1 Å². The number of nitrogens with zero attached hydrogens (tertiary/aromatic N) is 1. The molecule has 2 N–H and O–H groups in total. The molecule has 2 rings (SSSR count). The number of aromatic nitrogens is 1. The summed E-state index contributed by atoms with van der Waals surface area (Å²) >= 11 is 0. The summed E-state index contributed by atoms with van der Waals surface area (Å²) in [6.07, 6.45) is 0.922. The first-order chi connectivity index (χ1) is 9.81. The first kappa shape index (κ1) is 14.9. The van der Waals surface area contributed by atoms with Crippen LogP contribution in [0, 0.1) is 12.7 Å². The lowest BCUT2D eigenvalue weighted by molar-refractivity contribution is 0.0696. The Bertz CT molecular complexity index is 768. The number of para-hydroxylation sites is 1. The average molecular weight is 310 g/mol. The highest BCUT2D eigenvalue weighted by atomic mass is 32.2. The molecule has 0 aliphatic rings. The summed E-state index contributed by atoms with van der Waals surface area (Å²) < 4.78 is 39.9. The van der Waals surface area contributed by atoms with Crippen LogP contribution in [0.3, 0.4) is 0 Å². The minimum Gasteiger partial charge on any atom is -0.478 e. The second-order valence-electron chi connectivity index (χ2n) is 4.23. The number of carboxylic acids is 1. The van der Waals surface area contributed by atoms with E-state index in [4.69, 9.17) is 5.11 Å². The fourth-order valence-corrected chi connectivity index (χ4v) is 2.68. The SMILES string of the molecule is Cc1cccc(F)c1NS(=O)(=O)c1ccc(C(=O)O)cn1. The van der Waals surface area contributed by atoms with Gasteiger partial charge in [-0.25, -0.2) is 14.2 Å². The maximum atomic E-state index is 13.6. The Labute approximate surface area is 120 Å². The van der Waals surface area contributed by atoms with Gasteiger partial charge in [-0.2, -0.15) is 8.42 Å². The maximum absolute atomic E-state index is 13.6. The molecule has 0 fully saturated rings. The Balaban J connectivity index is 2.36. The number of halogens is 1. The fraction of sp³-hybridized carbons (Fsp3) is 0.0769. The predicted molar refractivity (Wildman–Crippen MR) is 73.1 cm³/mol. The molecule has 1 aromatic carbocycles. The Morgan fingerprint density at radius 1 is 1.29 bits per heavy atom. The van der Waals surface area contributed by atoms with E-state index >= 15 is 0 Å². The monoisotopic (exact) mass is 310 g/mol. The van der Waals surface area contributed by atoms with Gasteiger partial charge in [0, 0.05) is 6.20 Å². The molecule has 0 atom stereocenters. The van der Waals surface area contributed by atoms with E-state index < -0.39 is 26.8 Å². The highest BCUT2D eigenvalue weighted by Crippen LogP contribution is 2.22. The summed E-state index contributed by atoms with van der Waals surface area (Å²) in [5.41, 5.74) is 0.110. The van der Waals surface area contributed by atoms with Crippen LogP contribution >= 0.6 is 0 Å². The molecule has 21 heavy (non-hydrogen) atoms. The third kappa shape index (κ3) is 3.16. The smallest absolute Gasteiger partial charge is 0.337 e. The molecule has 110 valence electrons. The second kappa shape index (κ2) is 5.49. The van der Waals surface area contributed by atoms with Gasteiger partial charge in [0.25, 0.3) is 10.0 Å². The van der Waals surface area contributed by atoms with Gasteiger partial charge in [0.05, 0.1) is 11.3 Å². The van der Waals surface area contributed by atoms with Crippen LogP contribution in [0.5, 0.6) is 0 Å². The van der Waals surface area contributed by atoms with Crippen LogP contribution < -0.4 is 4.72 Å². The Hall–Kier alpha value is -2.48. The van der Waals surface area contributed by atoms with Crippen LogP contribution in [0.2, 0.25) is 0 Å². The average Bonchev–Trinajstić information content (AvgIpc) is 2.43. The van der Waals surface area contributed by atoms with Crippen LogP contribution in [-0.2, 0) is 10.0 Å². The molecule has 0 spiro atoms. The molecular formula is C13H11FN2O4S. The summed E-state index contributed by atoms with van der Waals surface area (Å²) in [5.74, 6) is -1.93. The van der Waals surface area contributed by atoms with Crippen molar-refractivity contribution in [2.45, 2.75) is 11.9 Å². The van der Waals surface area contributed by atoms with Gasteiger partial charge in [-0.05, 0) is 30.7 Å². The van der Waals surface area contributed by atoms with E-state index in [0.29, 0.717) is 5.56 Å². The van der Waals surface area contributed by atoms with Gasteiger partial charge in [-0.1, -0.05) is 12.1 Å². The minimum atomic E-state index is -4.09. The summed E-state index contributed by atoms with van der Waals surface area (Å²) in [7, 11) is -4.09. The van der Waals surface area contributed by atoms with Crippen molar-refractivity contribution in [1.29, 1.82) is 0 Å². The molecule has 0 saturated carbocycles. The van der Waals surface area contributed by atoms with Gasteiger partial charge in [-0.3, -0.25) is 4.72 Å². The van der Waals surface area contributed by atoms with E-state index in [0.717, 1.165) is 24.4 Å². The van der Waals surface area contributed by atoms with Gasteiger partial charge < -0.3 is 5.11 Å². The number of hydrogen-bond acceptors (Lipinski definition) is 4. The number of pyridine rings is 1. The van der Waals surface area contributed by atoms with E-state index in [-0.39, 0.29) is 11.3 Å². The molecular weight excluding hydrogens is 299 g/mol. The normalized spacial score (nSPS) is 11.1. The van der Waals surface area contributed by atoms with E-state index in [1.807, 2.05) is 0 Å². The lowest BCUT2D eigenvalue weighted by Crippen LogP contribution is -2.16. The zero-order chi connectivity index (χ0) is 15.6. The second-order valence-corrected chi connectivity index (χ2v) is 5.86. The van der Waals surface area contributed by atoms with Crippen molar-refractivity contribution < 1.29 is 22.7 Å². The number of rotatable bonds is 4. The number of hydrogen-bond donors (Lipinski definition) is 2. The van der Waals surface area contributed by atoms with E-state index in [9.17, 15) is 17.6 Å². The summed E-state index contributed by atoms with van der Waals surface area (Å²) in [6.45, 7) is 1.56. The summed E-state index contributed by atoms with van der Waals surface area (Å²) in [6, 6.07) is 6.30. The van der Waals surface area contributed by atoms with Crippen LogP contribution in [0.15, 0.2) is 41.6 Å². The van der Waals surface area contributed by atoms with Gasteiger partial charge in [0.2, 0.25) is 0 Å². The first-order valence-corrected chi connectivity index (χ1v) is 7.27. The first-order valence-electron chi connectivity index (χ1n) is 5.78. The van der Waals surface area contributed by atoms with E-state index in [1.54, 1.807) is 13.0 Å².